The molecule has 2 rings (SSSR count). The predicted octanol–water partition coefficient (Wildman–Crippen LogP) is 2.49. The number of rotatable bonds is 2. The lowest BCUT2D eigenvalue weighted by molar-refractivity contribution is 0.590. The summed E-state index contributed by atoms with van der Waals surface area (Å²) < 4.78 is 17.8. The fourth-order valence-corrected chi connectivity index (χ4v) is 2.10. The van der Waals surface area contributed by atoms with Gasteiger partial charge in [0.25, 0.3) is 0 Å². The van der Waals surface area contributed by atoms with E-state index in [0.29, 0.717) is 15.7 Å². The van der Waals surface area contributed by atoms with Crippen molar-refractivity contribution >= 4 is 27.5 Å². The van der Waals surface area contributed by atoms with Gasteiger partial charge in [0, 0.05) is 10.9 Å². The number of halogens is 2. The van der Waals surface area contributed by atoms with Gasteiger partial charge in [0.05, 0.1) is 16.2 Å². The topological polar surface area (TPSA) is 51.8 Å². The zero-order valence-corrected chi connectivity index (χ0v) is 9.93. The van der Waals surface area contributed by atoms with Crippen LogP contribution in [0.25, 0.3) is 0 Å². The van der Waals surface area contributed by atoms with Crippen molar-refractivity contribution in [3.05, 3.63) is 45.1 Å². The van der Waals surface area contributed by atoms with Crippen molar-refractivity contribution < 1.29 is 4.39 Å². The van der Waals surface area contributed by atoms with Gasteiger partial charge in [0.2, 0.25) is 0 Å². The summed E-state index contributed by atoms with van der Waals surface area (Å²) >= 11 is 4.31. The van der Waals surface area contributed by atoms with Crippen LogP contribution in [0.5, 0.6) is 0 Å². The monoisotopic (exact) mass is 287 g/mol. The van der Waals surface area contributed by atoms with Crippen molar-refractivity contribution in [3.63, 3.8) is 0 Å². The summed E-state index contributed by atoms with van der Waals surface area (Å²) in [4.78, 5) is 0. The minimum Gasteiger partial charge on any atom is -0.319 e. The fourth-order valence-electron chi connectivity index (χ4n) is 1.23. The van der Waals surface area contributed by atoms with Gasteiger partial charge in [-0.2, -0.15) is 0 Å². The molecule has 1 heterocycles. The van der Waals surface area contributed by atoms with Crippen LogP contribution in [0.2, 0.25) is 0 Å². The molecule has 2 N–H and O–H groups in total. The molecule has 0 amide bonds. The average Bonchev–Trinajstić information content (AvgIpc) is 2.74. The highest BCUT2D eigenvalue weighted by Crippen LogP contribution is 2.25. The molecule has 0 saturated carbocycles. The van der Waals surface area contributed by atoms with Crippen LogP contribution >= 0.6 is 27.5 Å². The smallest absolute Gasteiger partial charge is 0.142 e. The summed E-state index contributed by atoms with van der Waals surface area (Å²) in [7, 11) is 0. The Labute approximate surface area is 98.4 Å². The third-order valence-corrected chi connectivity index (χ3v) is 3.15. The maximum Gasteiger partial charge on any atom is 0.142 e. The first kappa shape index (κ1) is 10.7. The molecule has 1 atom stereocenters. The highest BCUT2D eigenvalue weighted by molar-refractivity contribution is 9.10. The van der Waals surface area contributed by atoms with Crippen molar-refractivity contribution in [2.45, 2.75) is 6.04 Å². The Balaban J connectivity index is 2.42. The number of nitrogens with zero attached hydrogens (tertiary/aromatic N) is 2. The molecular formula is C9H7BrFN3S. The largest absolute Gasteiger partial charge is 0.319 e. The van der Waals surface area contributed by atoms with E-state index >= 15 is 0 Å². The molecule has 78 valence electrons. The average molecular weight is 288 g/mol. The summed E-state index contributed by atoms with van der Waals surface area (Å²) in [5, 5.41) is 5.54. The van der Waals surface area contributed by atoms with Crippen LogP contribution in [-0.2, 0) is 0 Å². The van der Waals surface area contributed by atoms with Crippen LogP contribution in [0.4, 0.5) is 4.39 Å². The lowest BCUT2D eigenvalue weighted by atomic mass is 10.1. The maximum atomic E-state index is 13.7. The minimum absolute atomic E-state index is 0.349. The third-order valence-electron chi connectivity index (χ3n) is 2.01. The Morgan fingerprint density at radius 1 is 1.47 bits per heavy atom. The van der Waals surface area contributed by atoms with Crippen LogP contribution in [0.3, 0.4) is 0 Å². The zero-order chi connectivity index (χ0) is 10.8. The molecule has 0 saturated heterocycles. The third kappa shape index (κ3) is 2.06. The number of hydrogen-bond acceptors (Lipinski definition) is 4. The van der Waals surface area contributed by atoms with Gasteiger partial charge in [-0.1, -0.05) is 16.6 Å². The van der Waals surface area contributed by atoms with Gasteiger partial charge < -0.3 is 5.73 Å². The normalized spacial score (nSPS) is 12.7. The molecule has 3 nitrogen and oxygen atoms in total. The fraction of sp³-hybridized carbons (Fsp3) is 0.111. The van der Waals surface area contributed by atoms with Crippen LogP contribution in [0, 0.1) is 5.82 Å². The lowest BCUT2D eigenvalue weighted by Gasteiger charge is -2.10. The van der Waals surface area contributed by atoms with Crippen LogP contribution in [-0.4, -0.2) is 9.59 Å². The summed E-state index contributed by atoms with van der Waals surface area (Å²) in [6, 6.07) is 4.44. The Morgan fingerprint density at radius 3 is 2.93 bits per heavy atom. The number of hydrogen-bond donors (Lipinski definition) is 1. The van der Waals surface area contributed by atoms with E-state index in [1.54, 1.807) is 23.6 Å². The Kier molecular flexibility index (Phi) is 3.08. The molecule has 0 aliphatic carbocycles. The van der Waals surface area contributed by atoms with Crippen LogP contribution < -0.4 is 5.73 Å². The summed E-state index contributed by atoms with van der Waals surface area (Å²) in [6.07, 6.45) is 0. The first-order chi connectivity index (χ1) is 7.20. The van der Waals surface area contributed by atoms with E-state index in [1.165, 1.54) is 11.5 Å². The molecule has 0 fully saturated rings. The quantitative estimate of drug-likeness (QED) is 0.923. The van der Waals surface area contributed by atoms with Gasteiger partial charge >= 0.3 is 0 Å². The second-order valence-corrected chi connectivity index (χ2v) is 4.41. The first-order valence-electron chi connectivity index (χ1n) is 4.16. The molecule has 0 radical (unpaired) electrons. The van der Waals surface area contributed by atoms with E-state index in [4.69, 9.17) is 5.73 Å². The SMILES string of the molecule is NC(c1csnn1)c1cccc(Br)c1F. The zero-order valence-electron chi connectivity index (χ0n) is 7.52. The molecule has 1 unspecified atom stereocenters. The van der Waals surface area contributed by atoms with E-state index in [2.05, 4.69) is 25.5 Å². The van der Waals surface area contributed by atoms with Gasteiger partial charge in [-0.05, 0) is 33.5 Å². The molecule has 2 aromatic rings. The van der Waals surface area contributed by atoms with E-state index in [0.717, 1.165) is 0 Å². The summed E-state index contributed by atoms with van der Waals surface area (Å²) in [5.74, 6) is -0.349. The molecule has 15 heavy (non-hydrogen) atoms. The molecule has 0 bridgehead atoms. The molecule has 1 aromatic heterocycles. The van der Waals surface area contributed by atoms with Gasteiger partial charge in [-0.15, -0.1) is 5.10 Å². The van der Waals surface area contributed by atoms with Crippen molar-refractivity contribution in [1.29, 1.82) is 0 Å². The van der Waals surface area contributed by atoms with Crippen LogP contribution in [0.1, 0.15) is 17.3 Å². The number of benzene rings is 1. The lowest BCUT2D eigenvalue weighted by Crippen LogP contribution is -2.14. The van der Waals surface area contributed by atoms with Gasteiger partial charge in [-0.25, -0.2) is 4.39 Å². The van der Waals surface area contributed by atoms with Crippen molar-refractivity contribution in [2.75, 3.05) is 0 Å². The van der Waals surface area contributed by atoms with E-state index in [-0.39, 0.29) is 5.82 Å². The van der Waals surface area contributed by atoms with Crippen molar-refractivity contribution in [3.8, 4) is 0 Å². The highest BCUT2D eigenvalue weighted by Gasteiger charge is 2.17. The maximum absolute atomic E-state index is 13.7. The van der Waals surface area contributed by atoms with Crippen molar-refractivity contribution in [1.82, 2.24) is 9.59 Å². The van der Waals surface area contributed by atoms with Crippen molar-refractivity contribution in [2.24, 2.45) is 5.73 Å². The Bertz CT molecular complexity index is 460. The Morgan fingerprint density at radius 2 is 2.27 bits per heavy atom. The van der Waals surface area contributed by atoms with E-state index in [1.807, 2.05) is 0 Å². The van der Waals surface area contributed by atoms with Gasteiger partial charge in [0.15, 0.2) is 0 Å². The number of nitrogens with two attached hydrogens (primary N) is 1. The minimum atomic E-state index is -0.568. The second-order valence-electron chi connectivity index (χ2n) is 2.95. The summed E-state index contributed by atoms with van der Waals surface area (Å²) in [5.41, 5.74) is 6.87. The molecule has 0 aliphatic heterocycles. The number of aromatic nitrogens is 2. The molecule has 6 heteroatoms. The predicted molar refractivity (Wildman–Crippen MR) is 60.0 cm³/mol. The highest BCUT2D eigenvalue weighted by atomic mass is 79.9. The van der Waals surface area contributed by atoms with Gasteiger partial charge in [-0.3, -0.25) is 0 Å². The second kappa shape index (κ2) is 4.34. The summed E-state index contributed by atoms with van der Waals surface area (Å²) in [6.45, 7) is 0. The molecule has 1 aromatic carbocycles. The molecular weight excluding hydrogens is 281 g/mol. The van der Waals surface area contributed by atoms with E-state index < -0.39 is 6.04 Å². The first-order valence-corrected chi connectivity index (χ1v) is 5.79. The standard InChI is InChI=1S/C9H7BrFN3S/c10-6-3-1-2-5(8(6)11)9(12)7-4-15-14-13-7/h1-4,9H,12H2. The van der Waals surface area contributed by atoms with Gasteiger partial charge in [0.1, 0.15) is 5.82 Å². The molecule has 0 spiro atoms. The van der Waals surface area contributed by atoms with E-state index in [9.17, 15) is 4.39 Å². The van der Waals surface area contributed by atoms with Crippen LogP contribution in [0.15, 0.2) is 28.1 Å². The Hall–Kier alpha value is -0.850. The molecule has 0 aliphatic rings.